The monoisotopic (exact) mass is 241 g/mol. The summed E-state index contributed by atoms with van der Waals surface area (Å²) in [7, 11) is 0. The van der Waals surface area contributed by atoms with Crippen LogP contribution in [0.15, 0.2) is 24.3 Å². The Bertz CT molecular complexity index is 327. The van der Waals surface area contributed by atoms with Gasteiger partial charge in [-0.1, -0.05) is 23.7 Å². The molecule has 1 fully saturated rings. The summed E-state index contributed by atoms with van der Waals surface area (Å²) in [5.74, 6) is 0.744. The van der Waals surface area contributed by atoms with Gasteiger partial charge in [0, 0.05) is 19.2 Å². The zero-order valence-electron chi connectivity index (χ0n) is 9.12. The highest BCUT2D eigenvalue weighted by Gasteiger charge is 2.13. The van der Waals surface area contributed by atoms with Gasteiger partial charge in [-0.3, -0.25) is 0 Å². The quantitative estimate of drug-likeness (QED) is 0.801. The molecule has 2 rings (SSSR count). The second-order valence-corrected chi connectivity index (χ2v) is 4.20. The average Bonchev–Trinajstić information content (AvgIpc) is 2.79. The first kappa shape index (κ1) is 11.7. The van der Waals surface area contributed by atoms with Gasteiger partial charge >= 0.3 is 0 Å². The zero-order chi connectivity index (χ0) is 11.2. The van der Waals surface area contributed by atoms with Gasteiger partial charge in [0.05, 0.1) is 11.6 Å². The molecule has 0 aliphatic carbocycles. The van der Waals surface area contributed by atoms with E-state index in [1.54, 1.807) is 0 Å². The molecule has 1 aromatic carbocycles. The van der Waals surface area contributed by atoms with E-state index in [0.29, 0.717) is 17.7 Å². The molecule has 1 unspecified atom stereocenters. The number of para-hydroxylation sites is 1. The summed E-state index contributed by atoms with van der Waals surface area (Å²) in [6.45, 7) is 3.12. The number of halogens is 1. The first-order chi connectivity index (χ1) is 7.86. The van der Waals surface area contributed by atoms with Crippen LogP contribution < -0.4 is 10.1 Å². The molecule has 1 N–H and O–H groups in total. The molecule has 1 aliphatic rings. The Labute approximate surface area is 101 Å². The van der Waals surface area contributed by atoms with Crippen LogP contribution in [0.4, 0.5) is 0 Å². The lowest BCUT2D eigenvalue weighted by Crippen LogP contribution is -2.32. The molecular weight excluding hydrogens is 226 g/mol. The predicted molar refractivity (Wildman–Crippen MR) is 64.2 cm³/mol. The molecule has 0 amide bonds. The Kier molecular flexibility index (Phi) is 4.45. The lowest BCUT2D eigenvalue weighted by Gasteiger charge is -2.11. The SMILES string of the molecule is Clc1ccccc1OCCNC1CCOC1. The van der Waals surface area contributed by atoms with Crippen LogP contribution in [-0.4, -0.2) is 32.4 Å². The van der Waals surface area contributed by atoms with Gasteiger partial charge in [-0.05, 0) is 18.6 Å². The maximum absolute atomic E-state index is 5.96. The average molecular weight is 242 g/mol. The van der Waals surface area contributed by atoms with Crippen LogP contribution in [0, 0.1) is 0 Å². The molecule has 0 aromatic heterocycles. The van der Waals surface area contributed by atoms with E-state index in [2.05, 4.69) is 5.32 Å². The first-order valence-corrected chi connectivity index (χ1v) is 5.92. The Morgan fingerprint density at radius 1 is 1.44 bits per heavy atom. The summed E-state index contributed by atoms with van der Waals surface area (Å²) in [6, 6.07) is 7.99. The van der Waals surface area contributed by atoms with E-state index < -0.39 is 0 Å². The highest BCUT2D eigenvalue weighted by atomic mass is 35.5. The van der Waals surface area contributed by atoms with Crippen molar-refractivity contribution in [1.29, 1.82) is 0 Å². The number of hydrogen-bond donors (Lipinski definition) is 1. The normalized spacial score (nSPS) is 19.9. The molecule has 4 heteroatoms. The first-order valence-electron chi connectivity index (χ1n) is 5.55. The zero-order valence-corrected chi connectivity index (χ0v) is 9.87. The number of ether oxygens (including phenoxy) is 2. The fourth-order valence-corrected chi connectivity index (χ4v) is 1.87. The molecule has 1 aromatic rings. The Balaban J connectivity index is 1.66. The summed E-state index contributed by atoms with van der Waals surface area (Å²) in [4.78, 5) is 0. The van der Waals surface area contributed by atoms with Crippen molar-refractivity contribution in [1.82, 2.24) is 5.32 Å². The highest BCUT2D eigenvalue weighted by molar-refractivity contribution is 6.32. The number of hydrogen-bond acceptors (Lipinski definition) is 3. The topological polar surface area (TPSA) is 30.5 Å². The van der Waals surface area contributed by atoms with Crippen LogP contribution in [0.1, 0.15) is 6.42 Å². The third-order valence-electron chi connectivity index (χ3n) is 2.56. The van der Waals surface area contributed by atoms with E-state index >= 15 is 0 Å². The minimum Gasteiger partial charge on any atom is -0.491 e. The summed E-state index contributed by atoms with van der Waals surface area (Å²) in [5.41, 5.74) is 0. The van der Waals surface area contributed by atoms with Gasteiger partial charge in [-0.2, -0.15) is 0 Å². The second kappa shape index (κ2) is 6.09. The van der Waals surface area contributed by atoms with Crippen LogP contribution in [0.3, 0.4) is 0 Å². The molecule has 3 nitrogen and oxygen atoms in total. The Morgan fingerprint density at radius 2 is 2.31 bits per heavy atom. The molecule has 1 saturated heterocycles. The summed E-state index contributed by atoms with van der Waals surface area (Å²) in [6.07, 6.45) is 1.09. The smallest absolute Gasteiger partial charge is 0.137 e. The molecule has 0 spiro atoms. The molecular formula is C12H16ClNO2. The van der Waals surface area contributed by atoms with E-state index in [1.807, 2.05) is 24.3 Å². The van der Waals surface area contributed by atoms with Crippen LogP contribution >= 0.6 is 11.6 Å². The van der Waals surface area contributed by atoms with Crippen molar-refractivity contribution >= 4 is 11.6 Å². The minimum absolute atomic E-state index is 0.481. The van der Waals surface area contributed by atoms with Gasteiger partial charge in [0.2, 0.25) is 0 Å². The van der Waals surface area contributed by atoms with Crippen LogP contribution in [0.25, 0.3) is 0 Å². The van der Waals surface area contributed by atoms with E-state index in [9.17, 15) is 0 Å². The van der Waals surface area contributed by atoms with Crippen molar-refractivity contribution in [3.63, 3.8) is 0 Å². The van der Waals surface area contributed by atoms with Crippen molar-refractivity contribution in [2.75, 3.05) is 26.4 Å². The van der Waals surface area contributed by atoms with Crippen molar-refractivity contribution in [2.24, 2.45) is 0 Å². The number of benzene rings is 1. The Morgan fingerprint density at radius 3 is 3.06 bits per heavy atom. The number of rotatable bonds is 5. The van der Waals surface area contributed by atoms with Gasteiger partial charge in [-0.15, -0.1) is 0 Å². The van der Waals surface area contributed by atoms with E-state index in [1.165, 1.54) is 0 Å². The third kappa shape index (κ3) is 3.37. The summed E-state index contributed by atoms with van der Waals surface area (Å²) in [5, 5.41) is 4.04. The third-order valence-corrected chi connectivity index (χ3v) is 2.87. The molecule has 88 valence electrons. The van der Waals surface area contributed by atoms with E-state index in [-0.39, 0.29) is 0 Å². The van der Waals surface area contributed by atoms with Gasteiger partial charge in [-0.25, -0.2) is 0 Å². The largest absolute Gasteiger partial charge is 0.491 e. The van der Waals surface area contributed by atoms with Crippen molar-refractivity contribution < 1.29 is 9.47 Å². The summed E-state index contributed by atoms with van der Waals surface area (Å²) >= 11 is 5.96. The molecule has 16 heavy (non-hydrogen) atoms. The predicted octanol–water partition coefficient (Wildman–Crippen LogP) is 2.10. The highest BCUT2D eigenvalue weighted by Crippen LogP contribution is 2.22. The maximum Gasteiger partial charge on any atom is 0.137 e. The van der Waals surface area contributed by atoms with Crippen LogP contribution in [-0.2, 0) is 4.74 Å². The minimum atomic E-state index is 0.481. The van der Waals surface area contributed by atoms with Gasteiger partial charge in [0.1, 0.15) is 12.4 Å². The molecule has 1 atom stereocenters. The Hall–Kier alpha value is -0.770. The van der Waals surface area contributed by atoms with Crippen molar-refractivity contribution in [3.05, 3.63) is 29.3 Å². The fourth-order valence-electron chi connectivity index (χ4n) is 1.68. The second-order valence-electron chi connectivity index (χ2n) is 3.79. The van der Waals surface area contributed by atoms with E-state index in [0.717, 1.165) is 31.9 Å². The molecule has 1 aliphatic heterocycles. The maximum atomic E-state index is 5.96. The standard InChI is InChI=1S/C12H16ClNO2/c13-11-3-1-2-4-12(11)16-8-6-14-10-5-7-15-9-10/h1-4,10,14H,5-9H2. The number of nitrogens with one attached hydrogen (secondary N) is 1. The molecule has 0 bridgehead atoms. The lowest BCUT2D eigenvalue weighted by atomic mass is 10.3. The van der Waals surface area contributed by atoms with Gasteiger partial charge in [0.15, 0.2) is 0 Å². The molecule has 1 heterocycles. The van der Waals surface area contributed by atoms with Crippen LogP contribution in [0.2, 0.25) is 5.02 Å². The van der Waals surface area contributed by atoms with Crippen molar-refractivity contribution in [3.8, 4) is 5.75 Å². The molecule has 0 radical (unpaired) electrons. The van der Waals surface area contributed by atoms with Crippen molar-refractivity contribution in [2.45, 2.75) is 12.5 Å². The molecule has 0 saturated carbocycles. The van der Waals surface area contributed by atoms with Gasteiger partial charge in [0.25, 0.3) is 0 Å². The van der Waals surface area contributed by atoms with Gasteiger partial charge < -0.3 is 14.8 Å². The van der Waals surface area contributed by atoms with E-state index in [4.69, 9.17) is 21.1 Å². The van der Waals surface area contributed by atoms with Crippen LogP contribution in [0.5, 0.6) is 5.75 Å². The summed E-state index contributed by atoms with van der Waals surface area (Å²) < 4.78 is 10.8. The lowest BCUT2D eigenvalue weighted by molar-refractivity contribution is 0.188. The fraction of sp³-hybridized carbons (Fsp3) is 0.500.